The molecule has 0 bridgehead atoms. The summed E-state index contributed by atoms with van der Waals surface area (Å²) in [7, 11) is 1.62. The molecule has 4 aromatic rings. The highest BCUT2D eigenvalue weighted by atomic mass is 32.2. The van der Waals surface area contributed by atoms with E-state index in [4.69, 9.17) is 4.74 Å². The number of ether oxygens (including phenoxy) is 1. The molecule has 0 saturated heterocycles. The van der Waals surface area contributed by atoms with Crippen LogP contribution in [0, 0.1) is 0 Å². The maximum Gasteiger partial charge on any atom is 0.262 e. The summed E-state index contributed by atoms with van der Waals surface area (Å²) in [6.07, 6.45) is 2.45. The molecule has 0 spiro atoms. The van der Waals surface area contributed by atoms with Crippen LogP contribution in [0.25, 0.3) is 16.7 Å². The number of rotatable bonds is 6. The Hall–Kier alpha value is -3.06. The average Bonchev–Trinajstić information content (AvgIpc) is 3.13. The Balaban J connectivity index is 1.60. The zero-order chi connectivity index (χ0) is 18.6. The first-order valence-electron chi connectivity index (χ1n) is 8.54. The fraction of sp³-hybridized carbons (Fsp3) is 0.150. The fourth-order valence-electron chi connectivity index (χ4n) is 2.79. The zero-order valence-corrected chi connectivity index (χ0v) is 15.6. The maximum atomic E-state index is 12.4. The third kappa shape index (κ3) is 3.73. The molecule has 27 heavy (non-hydrogen) atoms. The Morgan fingerprint density at radius 3 is 2.63 bits per heavy atom. The van der Waals surface area contributed by atoms with Crippen molar-refractivity contribution < 1.29 is 4.74 Å². The van der Waals surface area contributed by atoms with E-state index in [1.165, 1.54) is 17.3 Å². The van der Waals surface area contributed by atoms with Gasteiger partial charge in [-0.2, -0.15) is 5.10 Å². The van der Waals surface area contributed by atoms with Gasteiger partial charge in [-0.05, 0) is 36.2 Å². The van der Waals surface area contributed by atoms with Crippen LogP contribution >= 0.6 is 11.8 Å². The summed E-state index contributed by atoms with van der Waals surface area (Å²) in [4.78, 5) is 19.9. The molecule has 2 heterocycles. The number of aromatic nitrogens is 4. The van der Waals surface area contributed by atoms with Crippen molar-refractivity contribution in [3.8, 4) is 11.4 Å². The summed E-state index contributed by atoms with van der Waals surface area (Å²) >= 11 is 1.53. The molecule has 136 valence electrons. The minimum absolute atomic E-state index is 0.179. The Kier molecular flexibility index (Phi) is 4.93. The number of hydrogen-bond donors (Lipinski definition) is 1. The van der Waals surface area contributed by atoms with Gasteiger partial charge in [-0.3, -0.25) is 4.79 Å². The topological polar surface area (TPSA) is 72.8 Å². The van der Waals surface area contributed by atoms with E-state index in [0.717, 1.165) is 23.6 Å². The SMILES string of the molecule is COc1ccc(-n2ncc3c(=O)[nH]c(SCCc4ccccc4)nc32)cc1. The molecular weight excluding hydrogens is 360 g/mol. The summed E-state index contributed by atoms with van der Waals surface area (Å²) in [5, 5.41) is 5.40. The van der Waals surface area contributed by atoms with Crippen LogP contribution in [0.2, 0.25) is 0 Å². The molecule has 0 saturated carbocycles. The summed E-state index contributed by atoms with van der Waals surface area (Å²) in [5.41, 5.74) is 2.45. The van der Waals surface area contributed by atoms with Gasteiger partial charge in [0.15, 0.2) is 10.8 Å². The van der Waals surface area contributed by atoms with E-state index in [-0.39, 0.29) is 5.56 Å². The second-order valence-corrected chi connectivity index (χ2v) is 7.03. The van der Waals surface area contributed by atoms with Gasteiger partial charge in [0.1, 0.15) is 11.1 Å². The first-order chi connectivity index (χ1) is 13.2. The van der Waals surface area contributed by atoms with E-state index in [1.54, 1.807) is 18.0 Å². The molecule has 7 heteroatoms. The van der Waals surface area contributed by atoms with E-state index < -0.39 is 0 Å². The highest BCUT2D eigenvalue weighted by molar-refractivity contribution is 7.99. The van der Waals surface area contributed by atoms with Crippen LogP contribution in [0.1, 0.15) is 5.56 Å². The van der Waals surface area contributed by atoms with Gasteiger partial charge in [0.2, 0.25) is 0 Å². The largest absolute Gasteiger partial charge is 0.497 e. The number of thioether (sulfide) groups is 1. The lowest BCUT2D eigenvalue weighted by atomic mass is 10.2. The normalized spacial score (nSPS) is 11.0. The predicted molar refractivity (Wildman–Crippen MR) is 107 cm³/mol. The van der Waals surface area contributed by atoms with Gasteiger partial charge < -0.3 is 9.72 Å². The molecule has 6 nitrogen and oxygen atoms in total. The van der Waals surface area contributed by atoms with Crippen molar-refractivity contribution in [1.29, 1.82) is 0 Å². The van der Waals surface area contributed by atoms with Crippen LogP contribution in [0.3, 0.4) is 0 Å². The monoisotopic (exact) mass is 378 g/mol. The zero-order valence-electron chi connectivity index (χ0n) is 14.8. The summed E-state index contributed by atoms with van der Waals surface area (Å²) in [6.45, 7) is 0. The van der Waals surface area contributed by atoms with E-state index >= 15 is 0 Å². The van der Waals surface area contributed by atoms with Crippen molar-refractivity contribution in [2.24, 2.45) is 0 Å². The summed E-state index contributed by atoms with van der Waals surface area (Å²) in [5.74, 6) is 1.59. The van der Waals surface area contributed by atoms with Gasteiger partial charge in [-0.15, -0.1) is 0 Å². The quantitative estimate of drug-likeness (QED) is 0.411. The molecule has 0 amide bonds. The van der Waals surface area contributed by atoms with E-state index in [1.807, 2.05) is 42.5 Å². The van der Waals surface area contributed by atoms with Crippen molar-refractivity contribution >= 4 is 22.8 Å². The molecule has 0 unspecified atom stereocenters. The van der Waals surface area contributed by atoms with Crippen molar-refractivity contribution in [3.05, 3.63) is 76.7 Å². The average molecular weight is 378 g/mol. The third-order valence-corrected chi connectivity index (χ3v) is 5.08. The van der Waals surface area contributed by atoms with E-state index in [2.05, 4.69) is 27.2 Å². The highest BCUT2D eigenvalue weighted by Gasteiger charge is 2.12. The molecule has 0 aliphatic rings. The van der Waals surface area contributed by atoms with Crippen LogP contribution < -0.4 is 10.3 Å². The summed E-state index contributed by atoms with van der Waals surface area (Å²) in [6, 6.07) is 17.7. The molecule has 0 aliphatic carbocycles. The molecule has 2 aromatic carbocycles. The first kappa shape index (κ1) is 17.4. The maximum absolute atomic E-state index is 12.4. The minimum atomic E-state index is -0.179. The smallest absolute Gasteiger partial charge is 0.262 e. The van der Waals surface area contributed by atoms with Gasteiger partial charge in [0, 0.05) is 5.75 Å². The van der Waals surface area contributed by atoms with Crippen LogP contribution in [0.4, 0.5) is 0 Å². The van der Waals surface area contributed by atoms with Crippen LogP contribution in [-0.2, 0) is 6.42 Å². The number of aromatic amines is 1. The number of H-pyrrole nitrogens is 1. The second kappa shape index (κ2) is 7.67. The lowest BCUT2D eigenvalue weighted by molar-refractivity contribution is 0.414. The Labute approximate surface area is 160 Å². The first-order valence-corrected chi connectivity index (χ1v) is 9.52. The number of nitrogens with zero attached hydrogens (tertiary/aromatic N) is 3. The van der Waals surface area contributed by atoms with Gasteiger partial charge in [0.05, 0.1) is 19.0 Å². The lowest BCUT2D eigenvalue weighted by Gasteiger charge is -2.06. The van der Waals surface area contributed by atoms with Crippen LogP contribution in [0.5, 0.6) is 5.75 Å². The van der Waals surface area contributed by atoms with Gasteiger partial charge >= 0.3 is 0 Å². The van der Waals surface area contributed by atoms with Gasteiger partial charge in [0.25, 0.3) is 5.56 Å². The standard InChI is InChI=1S/C20H18N4O2S/c1-26-16-9-7-15(8-10-16)24-18-17(13-21-24)19(25)23-20(22-18)27-12-11-14-5-3-2-4-6-14/h2-10,13H,11-12H2,1H3,(H,22,23,25). The number of hydrogen-bond acceptors (Lipinski definition) is 5. The fourth-order valence-corrected chi connectivity index (χ4v) is 3.64. The molecular formula is C20H18N4O2S. The Morgan fingerprint density at radius 2 is 1.89 bits per heavy atom. The molecule has 0 fully saturated rings. The molecule has 4 rings (SSSR count). The van der Waals surface area contributed by atoms with E-state index in [9.17, 15) is 4.79 Å². The van der Waals surface area contributed by atoms with Crippen molar-refractivity contribution in [1.82, 2.24) is 19.7 Å². The van der Waals surface area contributed by atoms with Crippen LogP contribution in [-0.4, -0.2) is 32.6 Å². The van der Waals surface area contributed by atoms with Crippen molar-refractivity contribution in [2.45, 2.75) is 11.6 Å². The highest BCUT2D eigenvalue weighted by Crippen LogP contribution is 2.20. The molecule has 2 aromatic heterocycles. The summed E-state index contributed by atoms with van der Waals surface area (Å²) < 4.78 is 6.86. The van der Waals surface area contributed by atoms with Crippen molar-refractivity contribution in [2.75, 3.05) is 12.9 Å². The Bertz CT molecular complexity index is 1100. The predicted octanol–water partition coefficient (Wildman–Crippen LogP) is 3.45. The number of fused-ring (bicyclic) bond motifs is 1. The molecule has 0 aliphatic heterocycles. The molecule has 1 N–H and O–H groups in total. The second-order valence-electron chi connectivity index (χ2n) is 5.95. The van der Waals surface area contributed by atoms with Gasteiger partial charge in [-0.25, -0.2) is 9.67 Å². The number of methoxy groups -OCH3 is 1. The molecule has 0 radical (unpaired) electrons. The minimum Gasteiger partial charge on any atom is -0.497 e. The van der Waals surface area contributed by atoms with Crippen molar-refractivity contribution in [3.63, 3.8) is 0 Å². The van der Waals surface area contributed by atoms with Gasteiger partial charge in [-0.1, -0.05) is 42.1 Å². The number of nitrogens with one attached hydrogen (secondary N) is 1. The lowest BCUT2D eigenvalue weighted by Crippen LogP contribution is -2.10. The van der Waals surface area contributed by atoms with E-state index in [0.29, 0.717) is 16.2 Å². The van der Waals surface area contributed by atoms with Crippen LogP contribution in [0.15, 0.2) is 70.7 Å². The Morgan fingerprint density at radius 1 is 1.11 bits per heavy atom. The number of aryl methyl sites for hydroxylation is 1. The number of benzene rings is 2. The molecule has 0 atom stereocenters. The third-order valence-electron chi connectivity index (χ3n) is 4.21.